The molecule has 3 heterocycles. The zero-order valence-electron chi connectivity index (χ0n) is 19.5. The van der Waals surface area contributed by atoms with E-state index in [2.05, 4.69) is 81.5 Å². The molecule has 6 heteroatoms. The molecular formula is C27H30ClN5. The van der Waals surface area contributed by atoms with Crippen molar-refractivity contribution in [3.8, 4) is 22.4 Å². The number of rotatable bonds is 5. The zero-order valence-corrected chi connectivity index (χ0v) is 20.2. The maximum atomic E-state index is 6.70. The number of nitrogens with zero attached hydrogens (tertiary/aromatic N) is 3. The number of hydrogen-bond acceptors (Lipinski definition) is 4. The van der Waals surface area contributed by atoms with E-state index < -0.39 is 0 Å². The summed E-state index contributed by atoms with van der Waals surface area (Å²) in [4.78, 5) is 13.1. The van der Waals surface area contributed by atoms with Crippen molar-refractivity contribution in [2.45, 2.75) is 13.5 Å². The number of nitrogens with one attached hydrogen (secondary N) is 2. The Morgan fingerprint density at radius 3 is 2.64 bits per heavy atom. The Kier molecular flexibility index (Phi) is 6.11. The number of hydrogen-bond donors (Lipinski definition) is 2. The summed E-state index contributed by atoms with van der Waals surface area (Å²) < 4.78 is 0. The molecule has 2 aromatic carbocycles. The number of fused-ring (bicyclic) bond motifs is 1. The number of halogens is 1. The minimum Gasteiger partial charge on any atom is -0.388 e. The molecule has 0 aliphatic carbocycles. The minimum absolute atomic E-state index is 0.706. The number of aryl methyl sites for hydroxylation is 1. The highest BCUT2D eigenvalue weighted by Crippen LogP contribution is 2.41. The minimum atomic E-state index is 0.706. The molecule has 1 aliphatic rings. The first-order valence-corrected chi connectivity index (χ1v) is 11.9. The van der Waals surface area contributed by atoms with Gasteiger partial charge in [-0.3, -0.25) is 4.90 Å². The molecule has 0 amide bonds. The number of H-pyrrole nitrogens is 1. The van der Waals surface area contributed by atoms with Gasteiger partial charge in [-0.25, -0.2) is 4.98 Å². The van der Waals surface area contributed by atoms with Gasteiger partial charge in [0.2, 0.25) is 0 Å². The Morgan fingerprint density at radius 1 is 1.03 bits per heavy atom. The van der Waals surface area contributed by atoms with Crippen molar-refractivity contribution in [2.24, 2.45) is 0 Å². The number of aromatic amines is 1. The lowest BCUT2D eigenvalue weighted by atomic mass is 9.96. The summed E-state index contributed by atoms with van der Waals surface area (Å²) in [6.45, 7) is 7.53. The van der Waals surface area contributed by atoms with Crippen molar-refractivity contribution in [3.05, 3.63) is 70.9 Å². The van der Waals surface area contributed by atoms with Gasteiger partial charge >= 0.3 is 0 Å². The highest BCUT2D eigenvalue weighted by molar-refractivity contribution is 6.36. The highest BCUT2D eigenvalue weighted by Gasteiger charge is 2.20. The Balaban J connectivity index is 1.60. The molecule has 5 nitrogen and oxygen atoms in total. The van der Waals surface area contributed by atoms with Crippen LogP contribution in [0.15, 0.2) is 54.7 Å². The van der Waals surface area contributed by atoms with Crippen molar-refractivity contribution in [3.63, 3.8) is 0 Å². The summed E-state index contributed by atoms with van der Waals surface area (Å²) in [5, 5.41) is 4.98. The molecule has 0 spiro atoms. The topological polar surface area (TPSA) is 47.2 Å². The lowest BCUT2D eigenvalue weighted by molar-refractivity contribution is 0.148. The molecule has 2 aromatic heterocycles. The van der Waals surface area contributed by atoms with Crippen LogP contribution < -0.4 is 5.32 Å². The van der Waals surface area contributed by atoms with Gasteiger partial charge in [-0.05, 0) is 54.4 Å². The number of aromatic nitrogens is 2. The SMILES string of the molecule is CNc1cc(-c2c(-c3cccc(CN4CCN(C)CC4)c3)[nH]c3nccc(Cl)c23)ccc1C. The van der Waals surface area contributed by atoms with Gasteiger partial charge in [0.15, 0.2) is 0 Å². The largest absolute Gasteiger partial charge is 0.388 e. The molecule has 0 bridgehead atoms. The van der Waals surface area contributed by atoms with Gasteiger partial charge in [0, 0.05) is 62.6 Å². The number of likely N-dealkylation sites (N-methyl/N-ethyl adjacent to an activating group) is 1. The first-order chi connectivity index (χ1) is 16.0. The van der Waals surface area contributed by atoms with Crippen molar-refractivity contribution in [1.82, 2.24) is 19.8 Å². The summed E-state index contributed by atoms with van der Waals surface area (Å²) in [5.74, 6) is 0. The Bertz CT molecular complexity index is 1290. The molecular weight excluding hydrogens is 430 g/mol. The molecule has 2 N–H and O–H groups in total. The Morgan fingerprint density at radius 2 is 1.85 bits per heavy atom. The fourth-order valence-corrected chi connectivity index (χ4v) is 4.96. The van der Waals surface area contributed by atoms with Crippen LogP contribution in [0.5, 0.6) is 0 Å². The van der Waals surface area contributed by atoms with Crippen molar-refractivity contribution in [2.75, 3.05) is 45.6 Å². The summed E-state index contributed by atoms with van der Waals surface area (Å²) in [7, 11) is 4.15. The molecule has 4 aromatic rings. The fourth-order valence-electron chi connectivity index (χ4n) is 4.72. The Labute approximate surface area is 200 Å². The van der Waals surface area contributed by atoms with E-state index in [-0.39, 0.29) is 0 Å². The molecule has 1 fully saturated rings. The average molecular weight is 460 g/mol. The summed E-state index contributed by atoms with van der Waals surface area (Å²) in [6, 6.07) is 17.2. The maximum Gasteiger partial charge on any atom is 0.139 e. The zero-order chi connectivity index (χ0) is 22.9. The molecule has 1 saturated heterocycles. The Hall–Kier alpha value is -2.86. The van der Waals surface area contributed by atoms with Crippen LogP contribution in [-0.2, 0) is 6.54 Å². The van der Waals surface area contributed by atoms with Gasteiger partial charge in [-0.2, -0.15) is 0 Å². The fraction of sp³-hybridized carbons (Fsp3) is 0.296. The molecule has 0 radical (unpaired) electrons. The van der Waals surface area contributed by atoms with Gasteiger partial charge in [0.25, 0.3) is 0 Å². The average Bonchev–Trinajstić information content (AvgIpc) is 3.22. The second-order valence-corrected chi connectivity index (χ2v) is 9.36. The van der Waals surface area contributed by atoms with E-state index >= 15 is 0 Å². The lowest BCUT2D eigenvalue weighted by Gasteiger charge is -2.32. The molecule has 0 atom stereocenters. The van der Waals surface area contributed by atoms with Gasteiger partial charge < -0.3 is 15.2 Å². The van der Waals surface area contributed by atoms with Crippen LogP contribution in [0, 0.1) is 6.92 Å². The normalized spacial score (nSPS) is 15.3. The third-order valence-corrected chi connectivity index (χ3v) is 6.97. The van der Waals surface area contributed by atoms with Crippen molar-refractivity contribution in [1.29, 1.82) is 0 Å². The second-order valence-electron chi connectivity index (χ2n) is 8.95. The highest BCUT2D eigenvalue weighted by atomic mass is 35.5. The van der Waals surface area contributed by atoms with E-state index in [1.165, 1.54) is 11.1 Å². The predicted molar refractivity (Wildman–Crippen MR) is 139 cm³/mol. The van der Waals surface area contributed by atoms with Gasteiger partial charge in [-0.1, -0.05) is 41.9 Å². The third-order valence-electron chi connectivity index (χ3n) is 6.66. The van der Waals surface area contributed by atoms with E-state index in [9.17, 15) is 0 Å². The van der Waals surface area contributed by atoms with Crippen LogP contribution >= 0.6 is 11.6 Å². The van der Waals surface area contributed by atoms with Crippen molar-refractivity contribution >= 4 is 28.3 Å². The summed E-state index contributed by atoms with van der Waals surface area (Å²) >= 11 is 6.70. The van der Waals surface area contributed by atoms with Crippen molar-refractivity contribution < 1.29 is 0 Å². The van der Waals surface area contributed by atoms with E-state index in [1.54, 1.807) is 6.20 Å². The van der Waals surface area contributed by atoms with E-state index in [0.29, 0.717) is 5.02 Å². The molecule has 170 valence electrons. The molecule has 1 aliphatic heterocycles. The van der Waals surface area contributed by atoms with Crippen LogP contribution in [0.2, 0.25) is 5.02 Å². The van der Waals surface area contributed by atoms with Gasteiger partial charge in [0.05, 0.1) is 10.7 Å². The van der Waals surface area contributed by atoms with E-state index in [1.807, 2.05) is 13.1 Å². The molecule has 5 rings (SSSR count). The van der Waals surface area contributed by atoms with Crippen LogP contribution in [0.1, 0.15) is 11.1 Å². The monoisotopic (exact) mass is 459 g/mol. The van der Waals surface area contributed by atoms with Crippen LogP contribution in [0.25, 0.3) is 33.4 Å². The number of pyridine rings is 1. The van der Waals surface area contributed by atoms with Crippen LogP contribution in [-0.4, -0.2) is 60.0 Å². The van der Waals surface area contributed by atoms with E-state index in [0.717, 1.165) is 71.8 Å². The van der Waals surface area contributed by atoms with Crippen LogP contribution in [0.3, 0.4) is 0 Å². The van der Waals surface area contributed by atoms with E-state index in [4.69, 9.17) is 11.6 Å². The standard InChI is InChI=1S/C27H30ClN5/c1-18-7-8-20(16-23(18)29-2)24-25-22(28)9-10-30-27(25)31-26(24)21-6-4-5-19(15-21)17-33-13-11-32(3)12-14-33/h4-10,15-16,29H,11-14,17H2,1-3H3,(H,30,31). The quantitative estimate of drug-likeness (QED) is 0.405. The predicted octanol–water partition coefficient (Wildman–Crippen LogP) is 5.65. The smallest absolute Gasteiger partial charge is 0.139 e. The summed E-state index contributed by atoms with van der Waals surface area (Å²) in [6.07, 6.45) is 1.76. The molecule has 33 heavy (non-hydrogen) atoms. The van der Waals surface area contributed by atoms with Crippen LogP contribution in [0.4, 0.5) is 5.69 Å². The van der Waals surface area contributed by atoms with Gasteiger partial charge in [0.1, 0.15) is 5.65 Å². The maximum absolute atomic E-state index is 6.70. The first-order valence-electron chi connectivity index (χ1n) is 11.5. The number of piperazine rings is 1. The number of benzene rings is 2. The third kappa shape index (κ3) is 4.36. The van der Waals surface area contributed by atoms with Gasteiger partial charge in [-0.15, -0.1) is 0 Å². The number of anilines is 1. The summed E-state index contributed by atoms with van der Waals surface area (Å²) in [5.41, 5.74) is 8.86. The molecule has 0 unspecified atom stereocenters. The molecule has 0 saturated carbocycles. The first kappa shape index (κ1) is 22.0. The second kappa shape index (κ2) is 9.18. The lowest BCUT2D eigenvalue weighted by Crippen LogP contribution is -2.43.